The first-order chi connectivity index (χ1) is 14.4. The van der Waals surface area contributed by atoms with Gasteiger partial charge in [0.2, 0.25) is 10.0 Å². The zero-order valence-electron chi connectivity index (χ0n) is 17.4. The van der Waals surface area contributed by atoms with Crippen LogP contribution in [-0.2, 0) is 30.8 Å². The summed E-state index contributed by atoms with van der Waals surface area (Å²) in [5.74, 6) is -0.259. The molecular formula is C21H24N2O7S. The van der Waals surface area contributed by atoms with Crippen LogP contribution in [0.15, 0.2) is 47.4 Å². The van der Waals surface area contributed by atoms with E-state index >= 15 is 0 Å². The van der Waals surface area contributed by atoms with Crippen LogP contribution in [-0.4, -0.2) is 38.6 Å². The number of para-hydroxylation sites is 1. The number of sulfonamides is 1. The summed E-state index contributed by atoms with van der Waals surface area (Å²) in [5.41, 5.74) is 0.981. The number of amides is 1. The second-order valence-corrected chi connectivity index (χ2v) is 9.32. The maximum Gasteiger partial charge on any atom is 0.344 e. The summed E-state index contributed by atoms with van der Waals surface area (Å²) in [4.78, 5) is 24.3. The van der Waals surface area contributed by atoms with E-state index in [-0.39, 0.29) is 17.1 Å². The summed E-state index contributed by atoms with van der Waals surface area (Å²) < 4.78 is 39.1. The van der Waals surface area contributed by atoms with E-state index in [1.165, 1.54) is 31.2 Å². The van der Waals surface area contributed by atoms with Gasteiger partial charge in [0.15, 0.2) is 24.2 Å². The number of hydrogen-bond donors (Lipinski definition) is 2. The lowest BCUT2D eigenvalue weighted by Gasteiger charge is -2.18. The Kier molecular flexibility index (Phi) is 6.23. The number of primary sulfonamides is 1. The third-order valence-corrected chi connectivity index (χ3v) is 5.46. The van der Waals surface area contributed by atoms with Gasteiger partial charge >= 0.3 is 5.97 Å². The molecule has 0 unspecified atom stereocenters. The van der Waals surface area contributed by atoms with Crippen molar-refractivity contribution >= 4 is 27.6 Å². The van der Waals surface area contributed by atoms with E-state index < -0.39 is 28.0 Å². The summed E-state index contributed by atoms with van der Waals surface area (Å²) in [5, 5.41) is 7.56. The fraction of sp³-hybridized carbons (Fsp3) is 0.333. The highest BCUT2D eigenvalue weighted by molar-refractivity contribution is 7.89. The van der Waals surface area contributed by atoms with Crippen molar-refractivity contribution in [3.05, 3.63) is 48.0 Å². The van der Waals surface area contributed by atoms with Gasteiger partial charge in [-0.25, -0.2) is 18.4 Å². The maximum atomic E-state index is 12.2. The lowest BCUT2D eigenvalue weighted by molar-refractivity contribution is -0.155. The topological polar surface area (TPSA) is 134 Å². The van der Waals surface area contributed by atoms with Crippen LogP contribution in [0, 0.1) is 0 Å². The van der Waals surface area contributed by atoms with Crippen molar-refractivity contribution in [1.29, 1.82) is 0 Å². The van der Waals surface area contributed by atoms with Gasteiger partial charge in [0.05, 0.1) is 4.90 Å². The maximum absolute atomic E-state index is 12.2. The van der Waals surface area contributed by atoms with E-state index in [4.69, 9.17) is 19.3 Å². The first kappa shape index (κ1) is 22.6. The molecule has 1 aliphatic rings. The minimum Gasteiger partial charge on any atom is -0.483 e. The van der Waals surface area contributed by atoms with E-state index in [1.807, 2.05) is 26.0 Å². The Morgan fingerprint density at radius 1 is 1.19 bits per heavy atom. The Bertz CT molecular complexity index is 1100. The molecule has 2 aromatic carbocycles. The molecule has 1 aliphatic heterocycles. The number of nitrogens with one attached hydrogen (secondary N) is 1. The van der Waals surface area contributed by atoms with Crippen molar-refractivity contribution < 1.29 is 32.2 Å². The predicted octanol–water partition coefficient (Wildman–Crippen LogP) is 2.00. The Morgan fingerprint density at radius 3 is 2.52 bits per heavy atom. The molecule has 9 nitrogen and oxygen atoms in total. The first-order valence-corrected chi connectivity index (χ1v) is 11.1. The predicted molar refractivity (Wildman–Crippen MR) is 112 cm³/mol. The van der Waals surface area contributed by atoms with Crippen molar-refractivity contribution in [1.82, 2.24) is 0 Å². The van der Waals surface area contributed by atoms with Crippen molar-refractivity contribution in [3.63, 3.8) is 0 Å². The number of hydrogen-bond acceptors (Lipinski definition) is 7. The molecule has 0 saturated heterocycles. The van der Waals surface area contributed by atoms with Crippen LogP contribution in [0.1, 0.15) is 26.3 Å². The van der Waals surface area contributed by atoms with Crippen molar-refractivity contribution in [2.24, 2.45) is 5.14 Å². The molecule has 1 heterocycles. The third-order valence-electron chi connectivity index (χ3n) is 4.53. The summed E-state index contributed by atoms with van der Waals surface area (Å²) in [6.45, 7) is 4.96. The number of esters is 1. The Labute approximate surface area is 180 Å². The number of carbonyl (C=O) groups is 2. The molecule has 1 atom stereocenters. The molecule has 166 valence electrons. The normalized spacial score (nSPS) is 15.4. The Morgan fingerprint density at radius 2 is 1.87 bits per heavy atom. The number of fused-ring (bicyclic) bond motifs is 1. The molecule has 0 fully saturated rings. The van der Waals surface area contributed by atoms with E-state index in [1.54, 1.807) is 6.07 Å². The molecule has 0 aliphatic carbocycles. The van der Waals surface area contributed by atoms with Crippen LogP contribution in [0.5, 0.6) is 11.5 Å². The van der Waals surface area contributed by atoms with Gasteiger partial charge in [-0.2, -0.15) is 0 Å². The Balaban J connectivity index is 1.52. The van der Waals surface area contributed by atoms with E-state index in [0.29, 0.717) is 17.2 Å². The van der Waals surface area contributed by atoms with Crippen molar-refractivity contribution in [3.8, 4) is 11.5 Å². The minimum absolute atomic E-state index is 0.0816. The van der Waals surface area contributed by atoms with Gasteiger partial charge in [-0.3, -0.25) is 4.79 Å². The molecule has 0 bridgehead atoms. The summed E-state index contributed by atoms with van der Waals surface area (Å²) >= 11 is 0. The zero-order valence-corrected chi connectivity index (χ0v) is 18.2. The molecule has 0 radical (unpaired) electrons. The van der Waals surface area contributed by atoms with E-state index in [9.17, 15) is 18.0 Å². The zero-order chi connectivity index (χ0) is 22.8. The minimum atomic E-state index is -3.82. The average molecular weight is 448 g/mol. The number of anilines is 1. The average Bonchev–Trinajstić information content (AvgIpc) is 3.00. The van der Waals surface area contributed by atoms with Crippen LogP contribution in [0.25, 0.3) is 0 Å². The summed E-state index contributed by atoms with van der Waals surface area (Å²) in [6.07, 6.45) is -0.356. The van der Waals surface area contributed by atoms with Gasteiger partial charge in [0, 0.05) is 17.7 Å². The second-order valence-electron chi connectivity index (χ2n) is 7.76. The van der Waals surface area contributed by atoms with Crippen LogP contribution in [0.3, 0.4) is 0 Å². The molecule has 10 heteroatoms. The highest BCUT2D eigenvalue weighted by Gasteiger charge is 2.32. The van der Waals surface area contributed by atoms with E-state index in [0.717, 1.165) is 12.0 Å². The first-order valence-electron chi connectivity index (χ1n) is 9.51. The van der Waals surface area contributed by atoms with Crippen LogP contribution in [0.2, 0.25) is 0 Å². The lowest BCUT2D eigenvalue weighted by atomic mass is 10.0. The number of carbonyl (C=O) groups excluding carboxylic acids is 2. The SMILES string of the molecule is C[C@@H](OC(=O)COc1cccc2c1OC(C)(C)C2)C(=O)Nc1ccc(S(N)(=O)=O)cc1. The molecule has 1 amide bonds. The van der Waals surface area contributed by atoms with Crippen LogP contribution in [0.4, 0.5) is 5.69 Å². The van der Waals surface area contributed by atoms with Gasteiger partial charge in [-0.15, -0.1) is 0 Å². The standard InChI is InChI=1S/C21H24N2O7S/c1-13(20(25)23-15-7-9-16(10-8-15)31(22,26)27)29-18(24)12-28-17-6-4-5-14-11-21(2,3)30-19(14)17/h4-10,13H,11-12H2,1-3H3,(H,23,25)(H2,22,26,27)/t13-/m1/s1. The van der Waals surface area contributed by atoms with Gasteiger partial charge in [0.25, 0.3) is 5.91 Å². The molecule has 3 N–H and O–H groups in total. The molecule has 0 aromatic heterocycles. The fourth-order valence-electron chi connectivity index (χ4n) is 3.09. The molecular weight excluding hydrogens is 424 g/mol. The van der Waals surface area contributed by atoms with Gasteiger partial charge in [-0.05, 0) is 51.1 Å². The van der Waals surface area contributed by atoms with Crippen LogP contribution < -0.4 is 19.9 Å². The quantitative estimate of drug-likeness (QED) is 0.619. The number of nitrogens with two attached hydrogens (primary N) is 1. The van der Waals surface area contributed by atoms with Crippen molar-refractivity contribution in [2.75, 3.05) is 11.9 Å². The highest BCUT2D eigenvalue weighted by atomic mass is 32.2. The van der Waals surface area contributed by atoms with Gasteiger partial charge in [0.1, 0.15) is 5.60 Å². The largest absolute Gasteiger partial charge is 0.483 e. The number of rotatable bonds is 7. The Hall–Kier alpha value is -3.11. The highest BCUT2D eigenvalue weighted by Crippen LogP contribution is 2.41. The second kappa shape index (κ2) is 8.56. The molecule has 2 aromatic rings. The van der Waals surface area contributed by atoms with Crippen molar-refractivity contribution in [2.45, 2.75) is 43.8 Å². The van der Waals surface area contributed by atoms with Crippen LogP contribution >= 0.6 is 0 Å². The number of benzene rings is 2. The molecule has 0 saturated carbocycles. The third kappa shape index (κ3) is 5.74. The number of ether oxygens (including phenoxy) is 3. The molecule has 3 rings (SSSR count). The smallest absolute Gasteiger partial charge is 0.344 e. The fourth-order valence-corrected chi connectivity index (χ4v) is 3.61. The van der Waals surface area contributed by atoms with Gasteiger partial charge in [-0.1, -0.05) is 12.1 Å². The lowest BCUT2D eigenvalue weighted by Crippen LogP contribution is -2.31. The monoisotopic (exact) mass is 448 g/mol. The summed E-state index contributed by atoms with van der Waals surface area (Å²) in [6, 6.07) is 10.8. The van der Waals surface area contributed by atoms with E-state index in [2.05, 4.69) is 5.32 Å². The van der Waals surface area contributed by atoms with Gasteiger partial charge < -0.3 is 19.5 Å². The molecule has 0 spiro atoms. The molecule has 31 heavy (non-hydrogen) atoms. The summed E-state index contributed by atoms with van der Waals surface area (Å²) in [7, 11) is -3.82.